The molecular formula is C14H18N2O3. The van der Waals surface area contributed by atoms with Crippen molar-refractivity contribution in [2.24, 2.45) is 11.7 Å². The Kier molecular flexibility index (Phi) is 4.04. The van der Waals surface area contributed by atoms with Crippen LogP contribution in [0, 0.1) is 5.92 Å². The molecule has 5 nitrogen and oxygen atoms in total. The van der Waals surface area contributed by atoms with Gasteiger partial charge in [-0.1, -0.05) is 12.1 Å². The smallest absolute Gasteiger partial charge is 0.227 e. The molecule has 19 heavy (non-hydrogen) atoms. The lowest BCUT2D eigenvalue weighted by molar-refractivity contribution is -0.134. The molecule has 3 N–H and O–H groups in total. The molecule has 102 valence electrons. The lowest BCUT2D eigenvalue weighted by Gasteiger charge is -2.31. The maximum absolute atomic E-state index is 12.1. The van der Waals surface area contributed by atoms with Crippen LogP contribution in [0.3, 0.4) is 0 Å². The van der Waals surface area contributed by atoms with Crippen molar-refractivity contribution in [1.82, 2.24) is 4.90 Å². The monoisotopic (exact) mass is 262 g/mol. The van der Waals surface area contributed by atoms with E-state index in [0.29, 0.717) is 13.1 Å². The molecule has 1 heterocycles. The number of nitrogens with two attached hydrogens (primary N) is 1. The number of carbonyl (C=O) groups excluding carboxylic acids is 2. The lowest BCUT2D eigenvalue weighted by Crippen LogP contribution is -2.44. The van der Waals surface area contributed by atoms with Crippen LogP contribution in [0.15, 0.2) is 24.3 Å². The Morgan fingerprint density at radius 1 is 1.42 bits per heavy atom. The van der Waals surface area contributed by atoms with Crippen molar-refractivity contribution in [1.29, 1.82) is 0 Å². The van der Waals surface area contributed by atoms with E-state index in [1.54, 1.807) is 29.2 Å². The van der Waals surface area contributed by atoms with Gasteiger partial charge < -0.3 is 15.7 Å². The van der Waals surface area contributed by atoms with Gasteiger partial charge in [0.05, 0.1) is 12.3 Å². The van der Waals surface area contributed by atoms with Crippen LogP contribution in [0.2, 0.25) is 0 Å². The van der Waals surface area contributed by atoms with Gasteiger partial charge in [0.15, 0.2) is 0 Å². The van der Waals surface area contributed by atoms with Gasteiger partial charge in [0, 0.05) is 13.1 Å². The minimum atomic E-state index is -0.338. The summed E-state index contributed by atoms with van der Waals surface area (Å²) in [6.07, 6.45) is 1.80. The number of phenolic OH excluding ortho intramolecular Hbond substituents is 1. The van der Waals surface area contributed by atoms with Crippen LogP contribution in [0.4, 0.5) is 0 Å². The molecule has 1 unspecified atom stereocenters. The van der Waals surface area contributed by atoms with Crippen LogP contribution in [0.25, 0.3) is 0 Å². The van der Waals surface area contributed by atoms with Crippen molar-refractivity contribution in [3.05, 3.63) is 29.8 Å². The van der Waals surface area contributed by atoms with Crippen LogP contribution in [-0.4, -0.2) is 34.9 Å². The van der Waals surface area contributed by atoms with E-state index in [2.05, 4.69) is 0 Å². The van der Waals surface area contributed by atoms with Gasteiger partial charge in [-0.15, -0.1) is 0 Å². The molecule has 0 aromatic heterocycles. The summed E-state index contributed by atoms with van der Waals surface area (Å²) >= 11 is 0. The summed E-state index contributed by atoms with van der Waals surface area (Å²) in [6.45, 7) is 1.08. The van der Waals surface area contributed by atoms with Gasteiger partial charge in [-0.05, 0) is 30.5 Å². The van der Waals surface area contributed by atoms with Crippen molar-refractivity contribution in [2.45, 2.75) is 19.3 Å². The van der Waals surface area contributed by atoms with Gasteiger partial charge in [0.1, 0.15) is 5.75 Å². The highest BCUT2D eigenvalue weighted by atomic mass is 16.3. The molecule has 2 rings (SSSR count). The number of hydrogen-bond donors (Lipinski definition) is 2. The first-order chi connectivity index (χ1) is 9.06. The molecule has 5 heteroatoms. The van der Waals surface area contributed by atoms with E-state index in [-0.39, 0.29) is 29.9 Å². The molecule has 1 aromatic rings. The van der Waals surface area contributed by atoms with Gasteiger partial charge in [0.2, 0.25) is 11.8 Å². The van der Waals surface area contributed by atoms with Crippen LogP contribution in [-0.2, 0) is 16.0 Å². The number of primary amides is 1. The zero-order valence-corrected chi connectivity index (χ0v) is 10.7. The predicted molar refractivity (Wildman–Crippen MR) is 70.3 cm³/mol. The molecule has 1 atom stereocenters. The third-order valence-corrected chi connectivity index (χ3v) is 3.44. The van der Waals surface area contributed by atoms with E-state index >= 15 is 0 Å². The van der Waals surface area contributed by atoms with Crippen molar-refractivity contribution in [3.8, 4) is 5.75 Å². The minimum Gasteiger partial charge on any atom is -0.508 e. The molecule has 0 bridgehead atoms. The number of hydrogen-bond acceptors (Lipinski definition) is 3. The van der Waals surface area contributed by atoms with Gasteiger partial charge >= 0.3 is 0 Å². The maximum Gasteiger partial charge on any atom is 0.227 e. The van der Waals surface area contributed by atoms with Crippen LogP contribution in [0.5, 0.6) is 5.75 Å². The number of amides is 2. The summed E-state index contributed by atoms with van der Waals surface area (Å²) in [4.78, 5) is 25.0. The molecule has 1 aliphatic rings. The minimum absolute atomic E-state index is 0.0310. The molecular weight excluding hydrogens is 244 g/mol. The SMILES string of the molecule is NC(=O)C1CCCN(C(=O)Cc2cccc(O)c2)C1. The highest BCUT2D eigenvalue weighted by Gasteiger charge is 2.26. The van der Waals surface area contributed by atoms with Crippen LogP contribution in [0.1, 0.15) is 18.4 Å². The van der Waals surface area contributed by atoms with E-state index < -0.39 is 0 Å². The summed E-state index contributed by atoms with van der Waals surface area (Å²) in [6, 6.07) is 6.65. The Balaban J connectivity index is 1.98. The first kappa shape index (κ1) is 13.4. The molecule has 1 fully saturated rings. The Hall–Kier alpha value is -2.04. The Morgan fingerprint density at radius 2 is 2.21 bits per heavy atom. The molecule has 2 amide bonds. The maximum atomic E-state index is 12.1. The standard InChI is InChI=1S/C14H18N2O3/c15-14(19)11-4-2-6-16(9-11)13(18)8-10-3-1-5-12(17)7-10/h1,3,5,7,11,17H,2,4,6,8-9H2,(H2,15,19). The average molecular weight is 262 g/mol. The van der Waals surface area contributed by atoms with Gasteiger partial charge in [0.25, 0.3) is 0 Å². The zero-order chi connectivity index (χ0) is 13.8. The van der Waals surface area contributed by atoms with Crippen molar-refractivity contribution in [3.63, 3.8) is 0 Å². The fourth-order valence-electron chi connectivity index (χ4n) is 2.39. The number of piperidine rings is 1. The molecule has 0 saturated carbocycles. The highest BCUT2D eigenvalue weighted by molar-refractivity contribution is 5.81. The lowest BCUT2D eigenvalue weighted by atomic mass is 9.97. The second kappa shape index (κ2) is 5.73. The predicted octanol–water partition coefficient (Wildman–Crippen LogP) is 0.659. The van der Waals surface area contributed by atoms with Crippen LogP contribution < -0.4 is 5.73 Å². The Labute approximate surface area is 112 Å². The summed E-state index contributed by atoms with van der Waals surface area (Å²) < 4.78 is 0. The second-order valence-electron chi connectivity index (χ2n) is 4.93. The van der Waals surface area contributed by atoms with Gasteiger partial charge in [-0.25, -0.2) is 0 Å². The third-order valence-electron chi connectivity index (χ3n) is 3.44. The highest BCUT2D eigenvalue weighted by Crippen LogP contribution is 2.18. The number of aromatic hydroxyl groups is 1. The van der Waals surface area contributed by atoms with E-state index in [9.17, 15) is 14.7 Å². The topological polar surface area (TPSA) is 83.6 Å². The van der Waals surface area contributed by atoms with Gasteiger partial charge in [-0.3, -0.25) is 9.59 Å². The number of benzene rings is 1. The first-order valence-corrected chi connectivity index (χ1v) is 6.41. The normalized spacial score (nSPS) is 19.2. The van der Waals surface area contributed by atoms with E-state index in [1.807, 2.05) is 0 Å². The molecule has 1 aliphatic heterocycles. The number of carbonyl (C=O) groups is 2. The van der Waals surface area contributed by atoms with E-state index in [4.69, 9.17) is 5.73 Å². The molecule has 0 spiro atoms. The number of nitrogens with zero attached hydrogens (tertiary/aromatic N) is 1. The summed E-state index contributed by atoms with van der Waals surface area (Å²) in [5.41, 5.74) is 6.06. The quantitative estimate of drug-likeness (QED) is 0.839. The molecule has 0 radical (unpaired) electrons. The fraction of sp³-hybridized carbons (Fsp3) is 0.429. The van der Waals surface area contributed by atoms with Crippen molar-refractivity contribution < 1.29 is 14.7 Å². The number of rotatable bonds is 3. The number of likely N-dealkylation sites (tertiary alicyclic amines) is 1. The third kappa shape index (κ3) is 3.47. The van der Waals surface area contributed by atoms with Crippen molar-refractivity contribution >= 4 is 11.8 Å². The Morgan fingerprint density at radius 3 is 2.89 bits per heavy atom. The first-order valence-electron chi connectivity index (χ1n) is 6.41. The fourth-order valence-corrected chi connectivity index (χ4v) is 2.39. The van der Waals surface area contributed by atoms with Gasteiger partial charge in [-0.2, -0.15) is 0 Å². The molecule has 0 aliphatic carbocycles. The summed E-state index contributed by atoms with van der Waals surface area (Å²) in [5.74, 6) is -0.452. The number of phenols is 1. The van der Waals surface area contributed by atoms with Crippen molar-refractivity contribution in [2.75, 3.05) is 13.1 Å². The second-order valence-corrected chi connectivity index (χ2v) is 4.93. The largest absolute Gasteiger partial charge is 0.508 e. The molecule has 1 aromatic carbocycles. The van der Waals surface area contributed by atoms with Crippen LogP contribution >= 0.6 is 0 Å². The Bertz CT molecular complexity index is 487. The van der Waals surface area contributed by atoms with E-state index in [1.165, 1.54) is 0 Å². The zero-order valence-electron chi connectivity index (χ0n) is 10.7. The van der Waals surface area contributed by atoms with E-state index in [0.717, 1.165) is 18.4 Å². The average Bonchev–Trinajstić information content (AvgIpc) is 2.39. The summed E-state index contributed by atoms with van der Waals surface area (Å²) in [5, 5.41) is 9.37. The molecule has 1 saturated heterocycles. The summed E-state index contributed by atoms with van der Waals surface area (Å²) in [7, 11) is 0.